The molecule has 3 rings (SSSR count). The third kappa shape index (κ3) is 3.88. The second-order valence-electron chi connectivity index (χ2n) is 3.32. The molecule has 0 nitrogen and oxygen atoms in total. The van der Waals surface area contributed by atoms with E-state index >= 15 is 0 Å². The van der Waals surface area contributed by atoms with Gasteiger partial charge < -0.3 is 24.8 Å². The first-order valence-corrected chi connectivity index (χ1v) is 5.48. The van der Waals surface area contributed by atoms with Crippen molar-refractivity contribution >= 4 is 21.5 Å². The van der Waals surface area contributed by atoms with Gasteiger partial charge in [0.15, 0.2) is 0 Å². The zero-order valence-corrected chi connectivity index (χ0v) is 14.4. The molecule has 0 aliphatic heterocycles. The maximum atomic E-state index is 2.24. The summed E-state index contributed by atoms with van der Waals surface area (Å²) in [6, 6.07) is 19.3. The monoisotopic (exact) mass is 355 g/mol. The molecule has 1 radical (unpaired) electrons. The Labute approximate surface area is 140 Å². The standard InChI is InChI=1S/C13H9.C2H6.2ClH.Zr/c1-3-7-12-10(5-1)9-11-6-2-4-8-13(11)12;1-2;;;/h1-9H;1-2H3;2*1H;/q-1;;;;+3/p-2. The zero-order valence-electron chi connectivity index (χ0n) is 10.5. The number of rotatable bonds is 0. The molecule has 3 heteroatoms. The summed E-state index contributed by atoms with van der Waals surface area (Å²) in [6.45, 7) is 4.00. The molecule has 0 amide bonds. The van der Waals surface area contributed by atoms with E-state index in [2.05, 4.69) is 54.6 Å². The van der Waals surface area contributed by atoms with Crippen LogP contribution in [0.2, 0.25) is 0 Å². The normalized spacial score (nSPS) is 8.33. The van der Waals surface area contributed by atoms with Crippen LogP contribution < -0.4 is 24.8 Å². The van der Waals surface area contributed by atoms with Gasteiger partial charge in [0.2, 0.25) is 0 Å². The van der Waals surface area contributed by atoms with Crippen LogP contribution in [-0.2, 0) is 26.2 Å². The van der Waals surface area contributed by atoms with Gasteiger partial charge in [-0.05, 0) is 0 Å². The number of fused-ring (bicyclic) bond motifs is 3. The van der Waals surface area contributed by atoms with E-state index in [9.17, 15) is 0 Å². The van der Waals surface area contributed by atoms with Crippen LogP contribution in [0.4, 0.5) is 0 Å². The van der Waals surface area contributed by atoms with Crippen molar-refractivity contribution in [3.8, 4) is 0 Å². The van der Waals surface area contributed by atoms with Crippen molar-refractivity contribution in [2.75, 3.05) is 0 Å². The Morgan fingerprint density at radius 2 is 1.00 bits per heavy atom. The van der Waals surface area contributed by atoms with E-state index < -0.39 is 0 Å². The molecule has 0 fully saturated rings. The van der Waals surface area contributed by atoms with Gasteiger partial charge in [-0.25, -0.2) is 0 Å². The van der Waals surface area contributed by atoms with Crippen LogP contribution >= 0.6 is 0 Å². The zero-order chi connectivity index (χ0) is 10.7. The van der Waals surface area contributed by atoms with Gasteiger partial charge in [-0.1, -0.05) is 50.2 Å². The molecule has 0 N–H and O–H groups in total. The number of benzene rings is 2. The van der Waals surface area contributed by atoms with Crippen molar-refractivity contribution in [1.82, 2.24) is 0 Å². The molecule has 0 atom stereocenters. The predicted molar refractivity (Wildman–Crippen MR) is 68.4 cm³/mol. The van der Waals surface area contributed by atoms with Crippen LogP contribution in [0.3, 0.4) is 0 Å². The quantitative estimate of drug-likeness (QED) is 0.441. The van der Waals surface area contributed by atoms with Crippen LogP contribution in [-0.4, -0.2) is 0 Å². The van der Waals surface area contributed by atoms with Crippen molar-refractivity contribution in [2.24, 2.45) is 0 Å². The summed E-state index contributed by atoms with van der Waals surface area (Å²) in [5.41, 5.74) is 0. The predicted octanol–water partition coefficient (Wildman–Crippen LogP) is -1.26. The Hall–Kier alpha value is -0.227. The largest absolute Gasteiger partial charge is 3.00 e. The molecule has 0 heterocycles. The minimum atomic E-state index is 0. The van der Waals surface area contributed by atoms with Crippen LogP contribution in [0.1, 0.15) is 13.8 Å². The van der Waals surface area contributed by atoms with E-state index in [1.165, 1.54) is 21.5 Å². The van der Waals surface area contributed by atoms with Gasteiger partial charge in [-0.3, -0.25) is 0 Å². The van der Waals surface area contributed by atoms with Crippen LogP contribution in [0.5, 0.6) is 0 Å². The molecule has 0 aromatic heterocycles. The summed E-state index contributed by atoms with van der Waals surface area (Å²) in [7, 11) is 0. The summed E-state index contributed by atoms with van der Waals surface area (Å²) in [4.78, 5) is 0. The molecular weight excluding hydrogens is 342 g/mol. The first-order valence-electron chi connectivity index (χ1n) is 5.48. The Kier molecular flexibility index (Phi) is 10.8. The molecule has 18 heavy (non-hydrogen) atoms. The van der Waals surface area contributed by atoms with Gasteiger partial charge in [-0.15, -0.1) is 39.7 Å². The summed E-state index contributed by atoms with van der Waals surface area (Å²) in [5.74, 6) is 0. The average molecular weight is 357 g/mol. The summed E-state index contributed by atoms with van der Waals surface area (Å²) < 4.78 is 0. The summed E-state index contributed by atoms with van der Waals surface area (Å²) >= 11 is 0. The number of hydrogen-bond donors (Lipinski definition) is 0. The molecule has 3 aromatic carbocycles. The third-order valence-electron chi connectivity index (χ3n) is 2.52. The maximum absolute atomic E-state index is 2.24. The van der Waals surface area contributed by atoms with Crippen molar-refractivity contribution in [1.29, 1.82) is 0 Å². The fourth-order valence-electron chi connectivity index (χ4n) is 1.90. The molecule has 0 aliphatic rings. The molecule has 0 saturated heterocycles. The second-order valence-corrected chi connectivity index (χ2v) is 3.32. The van der Waals surface area contributed by atoms with Crippen molar-refractivity contribution < 1.29 is 51.0 Å². The van der Waals surface area contributed by atoms with E-state index in [1.807, 2.05) is 13.8 Å². The topological polar surface area (TPSA) is 0 Å². The minimum Gasteiger partial charge on any atom is -1.00 e. The molecule has 0 unspecified atom stereocenters. The van der Waals surface area contributed by atoms with Gasteiger partial charge in [-0.2, -0.15) is 0 Å². The molecule has 0 spiro atoms. The Bertz CT molecular complexity index is 522. The number of hydrogen-bond acceptors (Lipinski definition) is 0. The van der Waals surface area contributed by atoms with E-state index in [-0.39, 0.29) is 51.0 Å². The molecule has 0 aliphatic carbocycles. The van der Waals surface area contributed by atoms with Gasteiger partial charge in [0.25, 0.3) is 0 Å². The first-order chi connectivity index (χ1) is 7.45. The minimum absolute atomic E-state index is 0. The SMILES string of the molecule is CC.[Cl-].[Cl-].[Zr+3].c1ccc2c(c1)[cH-]c1ccccc12. The van der Waals surface area contributed by atoms with Crippen LogP contribution in [0, 0.1) is 0 Å². The summed E-state index contributed by atoms with van der Waals surface area (Å²) in [5, 5.41) is 5.39. The molecule has 3 aromatic rings. The van der Waals surface area contributed by atoms with Crippen molar-refractivity contribution in [3.05, 3.63) is 54.6 Å². The van der Waals surface area contributed by atoms with E-state index in [4.69, 9.17) is 0 Å². The van der Waals surface area contributed by atoms with Crippen molar-refractivity contribution in [2.45, 2.75) is 13.8 Å². The van der Waals surface area contributed by atoms with Gasteiger partial charge >= 0.3 is 26.2 Å². The fraction of sp³-hybridized carbons (Fsp3) is 0.133. The molecular formula is C15H15Cl2Zr. The Morgan fingerprint density at radius 1 is 0.667 bits per heavy atom. The van der Waals surface area contributed by atoms with E-state index in [1.54, 1.807) is 0 Å². The molecule has 0 bridgehead atoms. The van der Waals surface area contributed by atoms with Gasteiger partial charge in [0.1, 0.15) is 0 Å². The van der Waals surface area contributed by atoms with Crippen LogP contribution in [0.15, 0.2) is 54.6 Å². The van der Waals surface area contributed by atoms with Crippen LogP contribution in [0.25, 0.3) is 21.5 Å². The summed E-state index contributed by atoms with van der Waals surface area (Å²) in [6.07, 6.45) is 0. The maximum Gasteiger partial charge on any atom is 3.00 e. The van der Waals surface area contributed by atoms with Crippen molar-refractivity contribution in [3.63, 3.8) is 0 Å². The molecule has 0 saturated carbocycles. The average Bonchev–Trinajstić information content (AvgIpc) is 2.70. The van der Waals surface area contributed by atoms with E-state index in [0.29, 0.717) is 0 Å². The number of halogens is 2. The first kappa shape index (κ1) is 20.1. The third-order valence-corrected chi connectivity index (χ3v) is 2.52. The second kappa shape index (κ2) is 9.67. The van der Waals surface area contributed by atoms with E-state index in [0.717, 1.165) is 0 Å². The smallest absolute Gasteiger partial charge is 1.00 e. The van der Waals surface area contributed by atoms with Gasteiger partial charge in [0, 0.05) is 0 Å². The Morgan fingerprint density at radius 3 is 1.39 bits per heavy atom. The fourth-order valence-corrected chi connectivity index (χ4v) is 1.90. The molecule has 93 valence electrons. The van der Waals surface area contributed by atoms with Gasteiger partial charge in [0.05, 0.1) is 0 Å². The Balaban J connectivity index is 0.